The van der Waals surface area contributed by atoms with Crippen LogP contribution in [0.25, 0.3) is 0 Å². The number of nitrogens with zero attached hydrogens (tertiary/aromatic N) is 2. The number of halogens is 2. The smallest absolute Gasteiger partial charge is 0.266 e. The molecule has 0 aromatic heterocycles. The van der Waals surface area contributed by atoms with Gasteiger partial charge >= 0.3 is 0 Å². The van der Waals surface area contributed by atoms with Crippen molar-refractivity contribution >= 4 is 34.8 Å². The van der Waals surface area contributed by atoms with Gasteiger partial charge in [0.2, 0.25) is 6.10 Å². The van der Waals surface area contributed by atoms with E-state index in [4.69, 9.17) is 28.0 Å². The second-order valence-electron chi connectivity index (χ2n) is 5.99. The first-order chi connectivity index (χ1) is 10.5. The molecule has 0 radical (unpaired) electrons. The standard InChI is InChI=1S/C16H18Cl2N2O2/c1-9(10-3-4-10)20(2)16(21)15-8-14(19-22-15)12-6-5-11(17)7-13(12)18/h5-7,9-10,15H,3-4,8H2,1-2H3/t9-,15+/m1/s1. The number of amides is 1. The fourth-order valence-electron chi connectivity index (χ4n) is 2.72. The van der Waals surface area contributed by atoms with Crippen molar-refractivity contribution in [1.82, 2.24) is 4.90 Å². The highest BCUT2D eigenvalue weighted by Crippen LogP contribution is 2.35. The molecule has 0 bridgehead atoms. The van der Waals surface area contributed by atoms with Gasteiger partial charge in [0.1, 0.15) is 0 Å². The lowest BCUT2D eigenvalue weighted by molar-refractivity contribution is -0.142. The van der Waals surface area contributed by atoms with E-state index in [2.05, 4.69) is 12.1 Å². The Hall–Kier alpha value is -1.26. The van der Waals surface area contributed by atoms with Crippen LogP contribution in [0.15, 0.2) is 23.4 Å². The van der Waals surface area contributed by atoms with Crippen molar-refractivity contribution in [2.24, 2.45) is 11.1 Å². The number of oxime groups is 1. The second-order valence-corrected chi connectivity index (χ2v) is 6.83. The molecule has 3 rings (SSSR count). The lowest BCUT2D eigenvalue weighted by Crippen LogP contribution is -2.42. The minimum Gasteiger partial charge on any atom is -0.382 e. The molecule has 1 amide bonds. The van der Waals surface area contributed by atoms with E-state index < -0.39 is 6.10 Å². The minimum atomic E-state index is -0.562. The summed E-state index contributed by atoms with van der Waals surface area (Å²) in [5.41, 5.74) is 1.45. The Labute approximate surface area is 140 Å². The summed E-state index contributed by atoms with van der Waals surface area (Å²) in [6, 6.07) is 5.47. The average molecular weight is 341 g/mol. The van der Waals surface area contributed by atoms with E-state index in [0.717, 1.165) is 5.56 Å². The maximum Gasteiger partial charge on any atom is 0.266 e. The summed E-state index contributed by atoms with van der Waals surface area (Å²) in [4.78, 5) is 19.6. The molecule has 22 heavy (non-hydrogen) atoms. The van der Waals surface area contributed by atoms with E-state index in [1.165, 1.54) is 12.8 Å². The Balaban J connectivity index is 1.67. The van der Waals surface area contributed by atoms with Crippen LogP contribution in [-0.4, -0.2) is 35.7 Å². The zero-order valence-electron chi connectivity index (χ0n) is 12.6. The van der Waals surface area contributed by atoms with Gasteiger partial charge in [-0.3, -0.25) is 4.79 Å². The number of benzene rings is 1. The molecule has 1 aliphatic heterocycles. The summed E-state index contributed by atoms with van der Waals surface area (Å²) in [5.74, 6) is 0.602. The third-order valence-corrected chi connectivity index (χ3v) is 5.00. The molecular weight excluding hydrogens is 323 g/mol. The van der Waals surface area contributed by atoms with Gasteiger partial charge in [-0.15, -0.1) is 0 Å². The summed E-state index contributed by atoms with van der Waals surface area (Å²) < 4.78 is 0. The third-order valence-electron chi connectivity index (χ3n) is 4.45. The fraction of sp³-hybridized carbons (Fsp3) is 0.500. The molecule has 0 spiro atoms. The van der Waals surface area contributed by atoms with Crippen LogP contribution in [0.5, 0.6) is 0 Å². The molecular formula is C16H18Cl2N2O2. The zero-order chi connectivity index (χ0) is 15.9. The zero-order valence-corrected chi connectivity index (χ0v) is 14.1. The maximum absolute atomic E-state index is 12.5. The topological polar surface area (TPSA) is 41.9 Å². The molecule has 1 aromatic rings. The quantitative estimate of drug-likeness (QED) is 0.837. The number of carbonyl (C=O) groups excluding carboxylic acids is 1. The molecule has 6 heteroatoms. The molecule has 1 aromatic carbocycles. The van der Waals surface area contributed by atoms with Gasteiger partial charge in [0, 0.05) is 30.1 Å². The van der Waals surface area contributed by atoms with Crippen molar-refractivity contribution in [2.75, 3.05) is 7.05 Å². The van der Waals surface area contributed by atoms with Crippen LogP contribution < -0.4 is 0 Å². The van der Waals surface area contributed by atoms with Gasteiger partial charge in [0.15, 0.2) is 0 Å². The normalized spacial score (nSPS) is 22.0. The van der Waals surface area contributed by atoms with E-state index in [1.54, 1.807) is 23.1 Å². The predicted octanol–water partition coefficient (Wildman–Crippen LogP) is 3.74. The van der Waals surface area contributed by atoms with Gasteiger partial charge in [-0.2, -0.15) is 0 Å². The highest BCUT2D eigenvalue weighted by Gasteiger charge is 2.37. The van der Waals surface area contributed by atoms with Crippen molar-refractivity contribution in [3.05, 3.63) is 33.8 Å². The SMILES string of the molecule is C[C@H](C1CC1)N(C)C(=O)[C@@H]1CC(c2ccc(Cl)cc2Cl)=NO1. The third kappa shape index (κ3) is 3.08. The lowest BCUT2D eigenvalue weighted by Gasteiger charge is -2.26. The number of carbonyl (C=O) groups is 1. The van der Waals surface area contributed by atoms with Crippen LogP contribution in [0, 0.1) is 5.92 Å². The fourth-order valence-corrected chi connectivity index (χ4v) is 3.23. The molecule has 4 nitrogen and oxygen atoms in total. The lowest BCUT2D eigenvalue weighted by atomic mass is 10.0. The molecule has 1 aliphatic carbocycles. The number of hydrogen-bond acceptors (Lipinski definition) is 3. The molecule has 2 atom stereocenters. The molecule has 0 N–H and O–H groups in total. The molecule has 0 unspecified atom stereocenters. The van der Waals surface area contributed by atoms with Gasteiger partial charge in [-0.1, -0.05) is 34.4 Å². The first kappa shape index (κ1) is 15.6. The van der Waals surface area contributed by atoms with Crippen LogP contribution in [0.1, 0.15) is 31.7 Å². The highest BCUT2D eigenvalue weighted by atomic mass is 35.5. The van der Waals surface area contributed by atoms with Crippen molar-refractivity contribution in [3.8, 4) is 0 Å². The number of hydrogen-bond donors (Lipinski definition) is 0. The van der Waals surface area contributed by atoms with E-state index in [9.17, 15) is 4.79 Å². The first-order valence-corrected chi connectivity index (χ1v) is 8.17. The van der Waals surface area contributed by atoms with Crippen LogP contribution in [-0.2, 0) is 9.63 Å². The molecule has 0 saturated heterocycles. The van der Waals surface area contributed by atoms with Crippen LogP contribution in [0.2, 0.25) is 10.0 Å². The number of rotatable bonds is 4. The largest absolute Gasteiger partial charge is 0.382 e. The molecule has 1 saturated carbocycles. The van der Waals surface area contributed by atoms with E-state index in [-0.39, 0.29) is 11.9 Å². The molecule has 2 aliphatic rings. The van der Waals surface area contributed by atoms with Gasteiger partial charge < -0.3 is 9.74 Å². The minimum absolute atomic E-state index is 0.0248. The Kier molecular flexibility index (Phi) is 4.33. The van der Waals surface area contributed by atoms with Crippen molar-refractivity contribution < 1.29 is 9.63 Å². The average Bonchev–Trinajstić information content (AvgIpc) is 3.23. The summed E-state index contributed by atoms with van der Waals surface area (Å²) in [7, 11) is 1.84. The second kappa shape index (κ2) is 6.09. The monoisotopic (exact) mass is 340 g/mol. The van der Waals surface area contributed by atoms with Crippen LogP contribution in [0.3, 0.4) is 0 Å². The van der Waals surface area contributed by atoms with Gasteiger partial charge in [-0.25, -0.2) is 0 Å². The number of likely N-dealkylation sites (N-methyl/N-ethyl adjacent to an activating group) is 1. The Bertz CT molecular complexity index is 629. The summed E-state index contributed by atoms with van der Waals surface area (Å²) >= 11 is 12.1. The summed E-state index contributed by atoms with van der Waals surface area (Å²) in [6.45, 7) is 2.09. The predicted molar refractivity (Wildman–Crippen MR) is 87.4 cm³/mol. The van der Waals surface area contributed by atoms with Crippen LogP contribution in [0.4, 0.5) is 0 Å². The Morgan fingerprint density at radius 2 is 2.14 bits per heavy atom. The highest BCUT2D eigenvalue weighted by molar-refractivity contribution is 6.37. The van der Waals surface area contributed by atoms with Gasteiger partial charge in [0.25, 0.3) is 5.91 Å². The summed E-state index contributed by atoms with van der Waals surface area (Å²) in [5, 5.41) is 5.13. The van der Waals surface area contributed by atoms with Crippen molar-refractivity contribution in [2.45, 2.75) is 38.3 Å². The Morgan fingerprint density at radius 1 is 1.41 bits per heavy atom. The van der Waals surface area contributed by atoms with E-state index in [1.807, 2.05) is 7.05 Å². The van der Waals surface area contributed by atoms with Crippen molar-refractivity contribution in [3.63, 3.8) is 0 Å². The Morgan fingerprint density at radius 3 is 2.77 bits per heavy atom. The summed E-state index contributed by atoms with van der Waals surface area (Å²) in [6.07, 6.45) is 2.27. The molecule has 118 valence electrons. The van der Waals surface area contributed by atoms with E-state index >= 15 is 0 Å². The van der Waals surface area contributed by atoms with Gasteiger partial charge in [-0.05, 0) is 37.8 Å². The van der Waals surface area contributed by atoms with Crippen molar-refractivity contribution in [1.29, 1.82) is 0 Å². The maximum atomic E-state index is 12.5. The van der Waals surface area contributed by atoms with E-state index in [0.29, 0.717) is 28.1 Å². The molecule has 1 fully saturated rings. The first-order valence-electron chi connectivity index (χ1n) is 7.42. The van der Waals surface area contributed by atoms with Gasteiger partial charge in [0.05, 0.1) is 10.7 Å². The molecule has 1 heterocycles. The van der Waals surface area contributed by atoms with Crippen LogP contribution >= 0.6 is 23.2 Å².